The lowest BCUT2D eigenvalue weighted by Crippen LogP contribution is -2.42. The fourth-order valence-electron chi connectivity index (χ4n) is 3.68. The molecule has 7 nitrogen and oxygen atoms in total. The Kier molecular flexibility index (Phi) is 6.14. The first-order chi connectivity index (χ1) is 14.0. The summed E-state index contributed by atoms with van der Waals surface area (Å²) in [6, 6.07) is 2.89. The number of aryl methyl sites for hydroxylation is 1. The van der Waals surface area contributed by atoms with Crippen molar-refractivity contribution < 1.29 is 23.8 Å². The maximum absolute atomic E-state index is 14.2. The van der Waals surface area contributed by atoms with Crippen LogP contribution in [0.4, 0.5) is 9.18 Å². The van der Waals surface area contributed by atoms with E-state index in [1.807, 2.05) is 31.6 Å². The van der Waals surface area contributed by atoms with E-state index in [1.54, 1.807) is 24.1 Å². The van der Waals surface area contributed by atoms with Crippen molar-refractivity contribution in [2.45, 2.75) is 52.7 Å². The molecule has 0 bridgehead atoms. The minimum atomic E-state index is -1.27. The molecular formula is C22H28FN3O4. The first-order valence-corrected chi connectivity index (χ1v) is 10.1. The Labute approximate surface area is 175 Å². The number of carbonyl (C=O) groups is 2. The summed E-state index contributed by atoms with van der Waals surface area (Å²) >= 11 is 0. The largest absolute Gasteiger partial charge is 0.478 e. The van der Waals surface area contributed by atoms with E-state index < -0.39 is 17.4 Å². The van der Waals surface area contributed by atoms with Crippen LogP contribution in [0.15, 0.2) is 24.5 Å². The molecule has 30 heavy (non-hydrogen) atoms. The molecule has 0 saturated carbocycles. The topological polar surface area (TPSA) is 84.7 Å². The van der Waals surface area contributed by atoms with Crippen LogP contribution in [-0.2, 0) is 11.3 Å². The van der Waals surface area contributed by atoms with Crippen molar-refractivity contribution in [3.63, 3.8) is 0 Å². The van der Waals surface area contributed by atoms with Crippen molar-refractivity contribution in [2.75, 3.05) is 13.1 Å². The van der Waals surface area contributed by atoms with Crippen LogP contribution < -0.4 is 0 Å². The second-order valence-corrected chi connectivity index (χ2v) is 8.82. The van der Waals surface area contributed by atoms with Crippen LogP contribution >= 0.6 is 0 Å². The van der Waals surface area contributed by atoms with Gasteiger partial charge in [-0.3, -0.25) is 4.68 Å². The number of amides is 1. The lowest BCUT2D eigenvalue weighted by atomic mass is 9.97. The molecule has 1 N–H and O–H groups in total. The number of ether oxygens (including phenoxy) is 1. The number of carbonyl (C=O) groups excluding carboxylic acids is 1. The molecule has 0 unspecified atom stereocenters. The monoisotopic (exact) mass is 417 g/mol. The zero-order valence-electron chi connectivity index (χ0n) is 17.8. The van der Waals surface area contributed by atoms with Crippen LogP contribution in [0.1, 0.15) is 49.5 Å². The standard InChI is InChI=1S/C22H28FN3O4/c1-14-9-16(10-18(23)19(14)20(27)28)17-11-24-26(13-17)12-15-5-7-25(8-6-15)21(29)30-22(2,3)4/h9-11,13,15H,5-8,12H2,1-4H3,(H,27,28). The van der Waals surface area contributed by atoms with Crippen LogP contribution in [0.2, 0.25) is 0 Å². The van der Waals surface area contributed by atoms with Crippen molar-refractivity contribution >= 4 is 12.1 Å². The van der Waals surface area contributed by atoms with Gasteiger partial charge in [0.05, 0.1) is 11.8 Å². The van der Waals surface area contributed by atoms with Gasteiger partial charge in [0.25, 0.3) is 0 Å². The first-order valence-electron chi connectivity index (χ1n) is 10.1. The average Bonchev–Trinajstić information content (AvgIpc) is 3.08. The van der Waals surface area contributed by atoms with Gasteiger partial charge in [0.2, 0.25) is 0 Å². The Bertz CT molecular complexity index is 917. The molecule has 1 aliphatic rings. The number of aromatic carboxylic acids is 1. The fraction of sp³-hybridized carbons (Fsp3) is 0.500. The molecule has 0 spiro atoms. The van der Waals surface area contributed by atoms with Gasteiger partial charge in [-0.05, 0) is 63.6 Å². The van der Waals surface area contributed by atoms with Gasteiger partial charge in [-0.2, -0.15) is 5.10 Å². The highest BCUT2D eigenvalue weighted by Gasteiger charge is 2.27. The lowest BCUT2D eigenvalue weighted by Gasteiger charge is -2.33. The Balaban J connectivity index is 1.61. The van der Waals surface area contributed by atoms with Crippen LogP contribution in [0, 0.1) is 18.7 Å². The van der Waals surface area contributed by atoms with Crippen LogP contribution in [-0.4, -0.2) is 50.5 Å². The molecule has 1 aliphatic heterocycles. The predicted molar refractivity (Wildman–Crippen MR) is 110 cm³/mol. The third-order valence-electron chi connectivity index (χ3n) is 5.18. The van der Waals surface area contributed by atoms with Crippen LogP contribution in [0.25, 0.3) is 11.1 Å². The number of likely N-dealkylation sites (tertiary alicyclic amines) is 1. The number of rotatable bonds is 4. The molecule has 0 atom stereocenters. The van der Waals surface area contributed by atoms with Gasteiger partial charge in [0.15, 0.2) is 0 Å². The molecule has 1 fully saturated rings. The highest BCUT2D eigenvalue weighted by atomic mass is 19.1. The third-order valence-corrected chi connectivity index (χ3v) is 5.18. The van der Waals surface area contributed by atoms with E-state index in [0.717, 1.165) is 18.4 Å². The molecule has 1 aromatic heterocycles. The zero-order valence-corrected chi connectivity index (χ0v) is 17.8. The maximum Gasteiger partial charge on any atom is 0.410 e. The molecule has 3 rings (SSSR count). The fourth-order valence-corrected chi connectivity index (χ4v) is 3.68. The average molecular weight is 417 g/mol. The summed E-state index contributed by atoms with van der Waals surface area (Å²) in [5.74, 6) is -1.64. The van der Waals surface area contributed by atoms with E-state index in [-0.39, 0.29) is 11.7 Å². The normalized spacial score (nSPS) is 15.3. The van der Waals surface area contributed by atoms with E-state index in [2.05, 4.69) is 5.10 Å². The predicted octanol–water partition coefficient (Wildman–Crippen LogP) is 4.34. The number of hydrogen-bond acceptors (Lipinski definition) is 4. The van der Waals surface area contributed by atoms with Crippen LogP contribution in [0.3, 0.4) is 0 Å². The molecule has 1 aromatic carbocycles. The second kappa shape index (κ2) is 8.45. The molecule has 1 amide bonds. The van der Waals surface area contributed by atoms with E-state index in [0.29, 0.717) is 36.7 Å². The molecular weight excluding hydrogens is 389 g/mol. The Morgan fingerprint density at radius 3 is 2.47 bits per heavy atom. The van der Waals surface area contributed by atoms with Crippen molar-refractivity contribution in [2.24, 2.45) is 5.92 Å². The minimum Gasteiger partial charge on any atom is -0.478 e. The number of piperidine rings is 1. The van der Waals surface area contributed by atoms with Gasteiger partial charge in [0.1, 0.15) is 11.4 Å². The molecule has 162 valence electrons. The van der Waals surface area contributed by atoms with Gasteiger partial charge in [0, 0.05) is 31.4 Å². The molecule has 0 radical (unpaired) electrons. The minimum absolute atomic E-state index is 0.274. The number of benzene rings is 1. The number of carboxylic acid groups (broad SMARTS) is 1. The number of halogens is 1. The molecule has 8 heteroatoms. The maximum atomic E-state index is 14.2. The van der Waals surface area contributed by atoms with Crippen molar-refractivity contribution in [1.29, 1.82) is 0 Å². The molecule has 2 heterocycles. The van der Waals surface area contributed by atoms with Crippen molar-refractivity contribution in [3.05, 3.63) is 41.5 Å². The van der Waals surface area contributed by atoms with Gasteiger partial charge in [-0.15, -0.1) is 0 Å². The van der Waals surface area contributed by atoms with Crippen LogP contribution in [0.5, 0.6) is 0 Å². The van der Waals surface area contributed by atoms with Crippen molar-refractivity contribution in [1.82, 2.24) is 14.7 Å². The number of hydrogen-bond donors (Lipinski definition) is 1. The smallest absolute Gasteiger partial charge is 0.410 e. The number of nitrogens with zero attached hydrogens (tertiary/aromatic N) is 3. The number of aromatic nitrogens is 2. The van der Waals surface area contributed by atoms with Crippen molar-refractivity contribution in [3.8, 4) is 11.1 Å². The Morgan fingerprint density at radius 2 is 1.90 bits per heavy atom. The summed E-state index contributed by atoms with van der Waals surface area (Å²) in [7, 11) is 0. The van der Waals surface area contributed by atoms with E-state index >= 15 is 0 Å². The second-order valence-electron chi connectivity index (χ2n) is 8.82. The summed E-state index contributed by atoms with van der Waals surface area (Å²) < 4.78 is 21.4. The number of carboxylic acids is 1. The van der Waals surface area contributed by atoms with Gasteiger partial charge >= 0.3 is 12.1 Å². The zero-order chi connectivity index (χ0) is 22.1. The quantitative estimate of drug-likeness (QED) is 0.800. The van der Waals surface area contributed by atoms with Gasteiger partial charge in [-0.1, -0.05) is 6.07 Å². The third kappa shape index (κ3) is 5.17. The summed E-state index contributed by atoms with van der Waals surface area (Å²) in [6.45, 7) is 9.15. The Morgan fingerprint density at radius 1 is 1.23 bits per heavy atom. The highest BCUT2D eigenvalue weighted by Crippen LogP contribution is 2.26. The first kappa shape index (κ1) is 21.8. The van der Waals surface area contributed by atoms with Gasteiger partial charge < -0.3 is 14.7 Å². The van der Waals surface area contributed by atoms with E-state index in [1.165, 1.54) is 6.07 Å². The Hall–Kier alpha value is -2.90. The molecule has 2 aromatic rings. The molecule has 1 saturated heterocycles. The summed E-state index contributed by atoms with van der Waals surface area (Å²) in [5, 5.41) is 13.5. The van der Waals surface area contributed by atoms with E-state index in [4.69, 9.17) is 9.84 Å². The highest BCUT2D eigenvalue weighted by molar-refractivity contribution is 5.90. The summed E-state index contributed by atoms with van der Waals surface area (Å²) in [6.07, 6.45) is 4.94. The summed E-state index contributed by atoms with van der Waals surface area (Å²) in [4.78, 5) is 25.1. The summed E-state index contributed by atoms with van der Waals surface area (Å²) in [5.41, 5.74) is 0.906. The lowest BCUT2D eigenvalue weighted by molar-refractivity contribution is 0.0177. The van der Waals surface area contributed by atoms with Gasteiger partial charge in [-0.25, -0.2) is 14.0 Å². The SMILES string of the molecule is Cc1cc(-c2cnn(CC3CCN(C(=O)OC(C)(C)C)CC3)c2)cc(F)c1C(=O)O. The molecule has 0 aliphatic carbocycles. The van der Waals surface area contributed by atoms with E-state index in [9.17, 15) is 14.0 Å².